The summed E-state index contributed by atoms with van der Waals surface area (Å²) < 4.78 is 6.38. The SMILES string of the molecule is COCC(Br)Cc1cc2n[nH]c(=O)n2cn1. The summed E-state index contributed by atoms with van der Waals surface area (Å²) in [6.45, 7) is 0.611. The molecule has 86 valence electrons. The van der Waals surface area contributed by atoms with Crippen molar-refractivity contribution < 1.29 is 4.74 Å². The van der Waals surface area contributed by atoms with Crippen LogP contribution in [-0.4, -0.2) is 38.1 Å². The van der Waals surface area contributed by atoms with Crippen LogP contribution in [0.2, 0.25) is 0 Å². The molecule has 0 aliphatic rings. The third-order valence-electron chi connectivity index (χ3n) is 2.14. The Morgan fingerprint density at radius 1 is 1.69 bits per heavy atom. The van der Waals surface area contributed by atoms with Crippen LogP contribution in [-0.2, 0) is 11.2 Å². The highest BCUT2D eigenvalue weighted by Crippen LogP contribution is 2.09. The van der Waals surface area contributed by atoms with Crippen molar-refractivity contribution in [2.75, 3.05) is 13.7 Å². The maximum Gasteiger partial charge on any atom is 0.348 e. The largest absolute Gasteiger partial charge is 0.384 e. The minimum Gasteiger partial charge on any atom is -0.384 e. The Bertz CT molecular complexity index is 536. The second kappa shape index (κ2) is 4.75. The molecule has 1 N–H and O–H groups in total. The van der Waals surface area contributed by atoms with E-state index in [1.807, 2.05) is 0 Å². The molecule has 0 bridgehead atoms. The third kappa shape index (κ3) is 2.30. The average molecular weight is 287 g/mol. The lowest BCUT2D eigenvalue weighted by molar-refractivity contribution is 0.200. The van der Waals surface area contributed by atoms with Crippen LogP contribution in [0, 0.1) is 0 Å². The van der Waals surface area contributed by atoms with Crippen molar-refractivity contribution in [3.8, 4) is 0 Å². The van der Waals surface area contributed by atoms with Crippen LogP contribution < -0.4 is 5.69 Å². The molecule has 2 rings (SSSR count). The molecule has 0 radical (unpaired) electrons. The number of halogens is 1. The molecule has 0 amide bonds. The molecule has 16 heavy (non-hydrogen) atoms. The molecule has 0 saturated heterocycles. The van der Waals surface area contributed by atoms with Crippen LogP contribution in [0.3, 0.4) is 0 Å². The first-order chi connectivity index (χ1) is 7.70. The Morgan fingerprint density at radius 3 is 3.25 bits per heavy atom. The van der Waals surface area contributed by atoms with Crippen molar-refractivity contribution in [3.05, 3.63) is 28.6 Å². The highest BCUT2D eigenvalue weighted by Gasteiger charge is 2.08. The van der Waals surface area contributed by atoms with Crippen LogP contribution in [0.15, 0.2) is 17.2 Å². The fourth-order valence-corrected chi connectivity index (χ4v) is 2.02. The van der Waals surface area contributed by atoms with Crippen molar-refractivity contribution in [1.29, 1.82) is 0 Å². The molecule has 2 aromatic rings. The molecule has 0 saturated carbocycles. The molecule has 1 unspecified atom stereocenters. The predicted molar refractivity (Wildman–Crippen MR) is 61.9 cm³/mol. The number of nitrogens with one attached hydrogen (secondary N) is 1. The maximum atomic E-state index is 11.2. The lowest BCUT2D eigenvalue weighted by Gasteiger charge is -2.07. The first-order valence-corrected chi connectivity index (χ1v) is 5.67. The fraction of sp³-hybridized carbons (Fsp3) is 0.444. The summed E-state index contributed by atoms with van der Waals surface area (Å²) in [6.07, 6.45) is 2.20. The van der Waals surface area contributed by atoms with Crippen molar-refractivity contribution >= 4 is 21.6 Å². The molecule has 0 aliphatic carbocycles. The molecule has 0 fully saturated rings. The fourth-order valence-electron chi connectivity index (χ4n) is 1.43. The van der Waals surface area contributed by atoms with Gasteiger partial charge in [0, 0.05) is 30.1 Å². The standard InChI is InChI=1S/C9H11BrN4O2/c1-16-4-6(10)2-7-3-8-12-13-9(15)14(8)5-11-7/h3,5-6H,2,4H2,1H3,(H,13,15). The molecule has 1 atom stereocenters. The minimum atomic E-state index is -0.277. The van der Waals surface area contributed by atoms with Gasteiger partial charge in [-0.15, -0.1) is 0 Å². The second-order valence-corrected chi connectivity index (χ2v) is 4.69. The summed E-state index contributed by atoms with van der Waals surface area (Å²) in [6, 6.07) is 1.78. The van der Waals surface area contributed by atoms with Crippen LogP contribution >= 0.6 is 15.9 Å². The number of fused-ring (bicyclic) bond motifs is 1. The number of rotatable bonds is 4. The van der Waals surface area contributed by atoms with Gasteiger partial charge < -0.3 is 4.74 Å². The van der Waals surface area contributed by atoms with Crippen LogP contribution in [0.4, 0.5) is 0 Å². The molecule has 0 aromatic carbocycles. The van der Waals surface area contributed by atoms with Gasteiger partial charge in [-0.05, 0) is 0 Å². The topological polar surface area (TPSA) is 72.3 Å². The van der Waals surface area contributed by atoms with Gasteiger partial charge >= 0.3 is 5.69 Å². The Labute approximate surface area is 99.8 Å². The Balaban J connectivity index is 2.23. The maximum absolute atomic E-state index is 11.2. The molecule has 2 heterocycles. The first-order valence-electron chi connectivity index (χ1n) is 4.75. The summed E-state index contributed by atoms with van der Waals surface area (Å²) >= 11 is 3.48. The smallest absolute Gasteiger partial charge is 0.348 e. The van der Waals surface area contributed by atoms with Crippen molar-refractivity contribution in [1.82, 2.24) is 19.6 Å². The molecular formula is C9H11BrN4O2. The third-order valence-corrected chi connectivity index (χ3v) is 2.73. The minimum absolute atomic E-state index is 0.207. The summed E-state index contributed by atoms with van der Waals surface area (Å²) in [5.74, 6) is 0. The van der Waals surface area contributed by atoms with E-state index in [-0.39, 0.29) is 10.5 Å². The van der Waals surface area contributed by atoms with Gasteiger partial charge in [0.25, 0.3) is 0 Å². The van der Waals surface area contributed by atoms with E-state index in [2.05, 4.69) is 31.1 Å². The van der Waals surface area contributed by atoms with E-state index in [0.29, 0.717) is 12.3 Å². The first kappa shape index (κ1) is 11.3. The lowest BCUT2D eigenvalue weighted by Crippen LogP contribution is -2.13. The van der Waals surface area contributed by atoms with Gasteiger partial charge in [-0.3, -0.25) is 0 Å². The van der Waals surface area contributed by atoms with Gasteiger partial charge in [0.05, 0.1) is 6.61 Å². The van der Waals surface area contributed by atoms with Crippen molar-refractivity contribution in [2.45, 2.75) is 11.2 Å². The number of methoxy groups -OCH3 is 1. The van der Waals surface area contributed by atoms with Gasteiger partial charge in [0.1, 0.15) is 6.33 Å². The molecule has 2 aromatic heterocycles. The van der Waals surface area contributed by atoms with E-state index >= 15 is 0 Å². The van der Waals surface area contributed by atoms with Gasteiger partial charge in [0.15, 0.2) is 5.65 Å². The zero-order valence-corrected chi connectivity index (χ0v) is 10.3. The van der Waals surface area contributed by atoms with Gasteiger partial charge in [-0.1, -0.05) is 15.9 Å². The monoisotopic (exact) mass is 286 g/mol. The number of H-pyrrole nitrogens is 1. The zero-order chi connectivity index (χ0) is 11.5. The zero-order valence-electron chi connectivity index (χ0n) is 8.68. The average Bonchev–Trinajstić information content (AvgIpc) is 2.60. The molecule has 0 spiro atoms. The number of aromatic amines is 1. The van der Waals surface area contributed by atoms with E-state index in [0.717, 1.165) is 12.1 Å². The summed E-state index contributed by atoms with van der Waals surface area (Å²) in [5.41, 5.74) is 1.17. The van der Waals surface area contributed by atoms with Crippen molar-refractivity contribution in [2.24, 2.45) is 0 Å². The van der Waals surface area contributed by atoms with Crippen molar-refractivity contribution in [3.63, 3.8) is 0 Å². The Morgan fingerprint density at radius 2 is 2.50 bits per heavy atom. The van der Waals surface area contributed by atoms with Gasteiger partial charge in [-0.2, -0.15) is 5.10 Å². The van der Waals surface area contributed by atoms with Crippen LogP contribution in [0.25, 0.3) is 5.65 Å². The number of aromatic nitrogens is 4. The van der Waals surface area contributed by atoms with E-state index < -0.39 is 0 Å². The molecule has 7 heteroatoms. The van der Waals surface area contributed by atoms with E-state index in [1.54, 1.807) is 13.2 Å². The molecule has 0 aliphatic heterocycles. The van der Waals surface area contributed by atoms with E-state index in [4.69, 9.17) is 4.74 Å². The van der Waals surface area contributed by atoms with E-state index in [9.17, 15) is 4.79 Å². The predicted octanol–water partition coefficient (Wildman–Crippen LogP) is 0.370. The van der Waals surface area contributed by atoms with Crippen LogP contribution in [0.5, 0.6) is 0 Å². The number of hydrogen-bond acceptors (Lipinski definition) is 4. The van der Waals surface area contributed by atoms with Gasteiger partial charge in [-0.25, -0.2) is 19.3 Å². The summed E-state index contributed by atoms with van der Waals surface area (Å²) in [5, 5.41) is 6.23. The number of nitrogens with zero attached hydrogens (tertiary/aromatic N) is 3. The van der Waals surface area contributed by atoms with Gasteiger partial charge in [0.2, 0.25) is 0 Å². The molecule has 6 nitrogen and oxygen atoms in total. The Kier molecular flexibility index (Phi) is 3.35. The highest BCUT2D eigenvalue weighted by atomic mass is 79.9. The number of hydrogen-bond donors (Lipinski definition) is 1. The van der Waals surface area contributed by atoms with Crippen LogP contribution in [0.1, 0.15) is 5.69 Å². The normalized spacial score (nSPS) is 13.1. The number of ether oxygens (including phenoxy) is 1. The second-order valence-electron chi connectivity index (χ2n) is 3.39. The number of alkyl halides is 1. The lowest BCUT2D eigenvalue weighted by atomic mass is 10.2. The quantitative estimate of drug-likeness (QED) is 0.825. The Hall–Kier alpha value is -1.21. The summed E-state index contributed by atoms with van der Waals surface area (Å²) in [7, 11) is 1.65. The van der Waals surface area contributed by atoms with E-state index in [1.165, 1.54) is 10.7 Å². The highest BCUT2D eigenvalue weighted by molar-refractivity contribution is 9.09. The molecular weight excluding hydrogens is 276 g/mol. The summed E-state index contributed by atoms with van der Waals surface area (Å²) in [4.78, 5) is 15.6.